The summed E-state index contributed by atoms with van der Waals surface area (Å²) in [5.74, 6) is 0. The van der Waals surface area contributed by atoms with Crippen LogP contribution in [0.1, 0.15) is 36.6 Å². The molecule has 1 aliphatic heterocycles. The number of allylic oxidation sites excluding steroid dienone is 1. The van der Waals surface area contributed by atoms with Crippen molar-refractivity contribution in [2.24, 2.45) is 0 Å². The van der Waals surface area contributed by atoms with Crippen LogP contribution in [0.5, 0.6) is 0 Å². The molecule has 1 N–H and O–H groups in total. The summed E-state index contributed by atoms with van der Waals surface area (Å²) in [7, 11) is 0. The summed E-state index contributed by atoms with van der Waals surface area (Å²) in [5.41, 5.74) is 19.6. The molecule has 0 fully saturated rings. The minimum absolute atomic E-state index is 0.140. The first-order chi connectivity index (χ1) is 31.6. The molecule has 0 spiro atoms. The van der Waals surface area contributed by atoms with E-state index in [1.165, 1.54) is 103 Å². The summed E-state index contributed by atoms with van der Waals surface area (Å²) >= 11 is 1.91. The molecule has 0 saturated heterocycles. The smallest absolute Gasteiger partial charge is 0.0805 e. The van der Waals surface area contributed by atoms with Crippen LogP contribution in [0.4, 0.5) is 0 Å². The van der Waals surface area contributed by atoms with Crippen molar-refractivity contribution in [1.82, 2.24) is 5.32 Å². The van der Waals surface area contributed by atoms with Crippen molar-refractivity contribution in [3.63, 3.8) is 0 Å². The summed E-state index contributed by atoms with van der Waals surface area (Å²) in [4.78, 5) is 0. The maximum atomic E-state index is 4.21. The first kappa shape index (κ1) is 38.0. The molecule has 0 saturated carbocycles. The fourth-order valence-electron chi connectivity index (χ4n) is 10.1. The molecule has 0 radical (unpaired) electrons. The lowest BCUT2D eigenvalue weighted by Gasteiger charge is -2.25. The highest BCUT2D eigenvalue weighted by Gasteiger charge is 2.26. The van der Waals surface area contributed by atoms with Crippen LogP contribution < -0.4 is 5.32 Å². The maximum absolute atomic E-state index is 4.21. The molecule has 1 atom stereocenters. The van der Waals surface area contributed by atoms with Crippen molar-refractivity contribution in [3.8, 4) is 33.4 Å². The van der Waals surface area contributed by atoms with Gasteiger partial charge in [-0.1, -0.05) is 200 Å². The van der Waals surface area contributed by atoms with Crippen molar-refractivity contribution in [2.75, 3.05) is 0 Å². The van der Waals surface area contributed by atoms with E-state index in [-0.39, 0.29) is 6.04 Å². The lowest BCUT2D eigenvalue weighted by atomic mass is 9.91. The van der Waals surface area contributed by atoms with E-state index in [4.69, 9.17) is 0 Å². The van der Waals surface area contributed by atoms with Gasteiger partial charge >= 0.3 is 0 Å². The van der Waals surface area contributed by atoms with E-state index in [1.807, 2.05) is 11.3 Å². The fraction of sp³-hybridized carbons (Fsp3) is 0.0484. The van der Waals surface area contributed by atoms with Gasteiger partial charge in [0.25, 0.3) is 0 Å². The van der Waals surface area contributed by atoms with E-state index in [0.29, 0.717) is 0 Å². The normalized spacial score (nSPS) is 14.2. The Balaban J connectivity index is 1.04. The van der Waals surface area contributed by atoms with Crippen molar-refractivity contribution >= 4 is 75.1 Å². The van der Waals surface area contributed by atoms with Gasteiger partial charge in [0.05, 0.1) is 6.04 Å². The maximum Gasteiger partial charge on any atom is 0.0805 e. The Kier molecular flexibility index (Phi) is 9.23. The second kappa shape index (κ2) is 15.6. The van der Waals surface area contributed by atoms with Crippen LogP contribution in [0.25, 0.3) is 97.1 Å². The Hall–Kier alpha value is -7.74. The zero-order chi connectivity index (χ0) is 42.7. The van der Waals surface area contributed by atoms with E-state index >= 15 is 0 Å². The Morgan fingerprint density at radius 2 is 0.953 bits per heavy atom. The molecular formula is C62H43NS. The molecule has 12 rings (SSSR count). The molecule has 1 unspecified atom stereocenters. The number of hydrogen-bond acceptors (Lipinski definition) is 2. The van der Waals surface area contributed by atoms with Crippen LogP contribution in [-0.4, -0.2) is 0 Å². The Morgan fingerprint density at radius 1 is 0.422 bits per heavy atom. The standard InChI is InChI=1S/C62H43NS/c1-39-36-56(47-23-12-22-46(37-47)41-16-4-3-5-17-41)40(2)61(54-30-14-21-43-19-7-9-25-50(43)54)63-60(39)57-38-58-59(53-27-11-10-26-52(53)57)55-31-15-29-51(62(55)64-58)45-34-32-44(33-35-45)49-28-13-20-42-18-6-8-24-48(42)49/h3-35,37-38,60,63H,1-2H3. The van der Waals surface area contributed by atoms with Gasteiger partial charge in [0.15, 0.2) is 0 Å². The monoisotopic (exact) mass is 833 g/mol. The molecule has 2 heteroatoms. The number of nitrogens with one attached hydrogen (secondary N) is 1. The highest BCUT2D eigenvalue weighted by atomic mass is 32.1. The topological polar surface area (TPSA) is 12.0 Å². The lowest BCUT2D eigenvalue weighted by Crippen LogP contribution is -2.21. The molecule has 1 nitrogen and oxygen atoms in total. The summed E-state index contributed by atoms with van der Waals surface area (Å²) in [6, 6.07) is 77.6. The number of rotatable bonds is 6. The molecule has 64 heavy (non-hydrogen) atoms. The van der Waals surface area contributed by atoms with Crippen LogP contribution in [-0.2, 0) is 0 Å². The summed E-state index contributed by atoms with van der Waals surface area (Å²) in [6.07, 6.45) is 0. The van der Waals surface area contributed by atoms with Crippen LogP contribution in [0.2, 0.25) is 0 Å². The molecule has 302 valence electrons. The van der Waals surface area contributed by atoms with Gasteiger partial charge in [-0.3, -0.25) is 0 Å². The largest absolute Gasteiger partial charge is 0.373 e. The number of hydrogen-bond donors (Lipinski definition) is 1. The Morgan fingerprint density at radius 3 is 1.70 bits per heavy atom. The molecule has 0 bridgehead atoms. The minimum atomic E-state index is -0.140. The molecule has 2 heterocycles. The Bertz CT molecular complexity index is 3740. The zero-order valence-electron chi connectivity index (χ0n) is 35.7. The van der Waals surface area contributed by atoms with Gasteiger partial charge in [0, 0.05) is 37.0 Å². The second-order valence-corrected chi connectivity index (χ2v) is 18.1. The number of fused-ring (bicyclic) bond motifs is 7. The van der Waals surface area contributed by atoms with Crippen LogP contribution in [0, 0.1) is 0 Å². The van der Waals surface area contributed by atoms with E-state index < -0.39 is 0 Å². The highest BCUT2D eigenvalue weighted by Crippen LogP contribution is 2.47. The second-order valence-electron chi connectivity index (χ2n) is 17.0. The predicted molar refractivity (Wildman–Crippen MR) is 276 cm³/mol. The average molecular weight is 834 g/mol. The van der Waals surface area contributed by atoms with Crippen molar-refractivity contribution in [2.45, 2.75) is 19.9 Å². The van der Waals surface area contributed by atoms with E-state index in [0.717, 1.165) is 22.4 Å². The summed E-state index contributed by atoms with van der Waals surface area (Å²) < 4.78 is 2.60. The van der Waals surface area contributed by atoms with Gasteiger partial charge < -0.3 is 5.32 Å². The van der Waals surface area contributed by atoms with Crippen LogP contribution in [0.15, 0.2) is 229 Å². The lowest BCUT2D eigenvalue weighted by molar-refractivity contribution is 0.737. The van der Waals surface area contributed by atoms with Crippen LogP contribution >= 0.6 is 11.3 Å². The summed E-state index contributed by atoms with van der Waals surface area (Å²) in [6.45, 7) is 4.52. The number of benzene rings is 10. The molecule has 1 aliphatic rings. The zero-order valence-corrected chi connectivity index (χ0v) is 36.5. The molecule has 11 aromatic rings. The van der Waals surface area contributed by atoms with E-state index in [9.17, 15) is 0 Å². The molecule has 1 aromatic heterocycles. The average Bonchev–Trinajstić information content (AvgIpc) is 3.69. The first-order valence-corrected chi connectivity index (χ1v) is 22.9. The SMILES string of the molecule is CC1=C=C(c2cccc(-c3ccccc3)c2)C(C)=C(c2cccc3ccccc23)NC1c1cc2sc3c(-c4ccc(-c5cccc6ccccc56)cc4)cccc3c2c2ccccc12. The third-order valence-electron chi connectivity index (χ3n) is 13.3. The number of thiophene rings is 1. The van der Waals surface area contributed by atoms with Crippen molar-refractivity contribution in [3.05, 3.63) is 246 Å². The van der Waals surface area contributed by atoms with E-state index in [1.54, 1.807) is 0 Å². The molecule has 0 aliphatic carbocycles. The van der Waals surface area contributed by atoms with Gasteiger partial charge in [-0.25, -0.2) is 0 Å². The van der Waals surface area contributed by atoms with Crippen molar-refractivity contribution < 1.29 is 0 Å². The summed E-state index contributed by atoms with van der Waals surface area (Å²) in [5, 5.41) is 14.3. The van der Waals surface area contributed by atoms with Gasteiger partial charge in [0.2, 0.25) is 0 Å². The highest BCUT2D eigenvalue weighted by molar-refractivity contribution is 7.26. The first-order valence-electron chi connectivity index (χ1n) is 22.1. The van der Waals surface area contributed by atoms with Crippen LogP contribution in [0.3, 0.4) is 0 Å². The molecule has 0 amide bonds. The molecule has 10 aromatic carbocycles. The van der Waals surface area contributed by atoms with Gasteiger partial charge in [-0.2, -0.15) is 0 Å². The Labute approximate surface area is 377 Å². The van der Waals surface area contributed by atoms with Crippen molar-refractivity contribution in [1.29, 1.82) is 0 Å². The minimum Gasteiger partial charge on any atom is -0.373 e. The fourth-order valence-corrected chi connectivity index (χ4v) is 11.4. The third kappa shape index (κ3) is 6.39. The predicted octanol–water partition coefficient (Wildman–Crippen LogP) is 17.2. The molecular weight excluding hydrogens is 791 g/mol. The van der Waals surface area contributed by atoms with Gasteiger partial charge in [0.1, 0.15) is 0 Å². The van der Waals surface area contributed by atoms with Gasteiger partial charge in [-0.05, 0) is 114 Å². The van der Waals surface area contributed by atoms with Gasteiger partial charge in [-0.15, -0.1) is 17.1 Å². The van der Waals surface area contributed by atoms with E-state index in [2.05, 4.69) is 237 Å². The quantitative estimate of drug-likeness (QED) is 0.165. The third-order valence-corrected chi connectivity index (χ3v) is 14.4.